The van der Waals surface area contributed by atoms with E-state index in [2.05, 4.69) is 33.1 Å². The number of amides is 2. The van der Waals surface area contributed by atoms with Crippen LogP contribution in [0.15, 0.2) is 35.3 Å². The Kier molecular flexibility index (Phi) is 6.92. The van der Waals surface area contributed by atoms with E-state index in [-0.39, 0.29) is 17.7 Å². The van der Waals surface area contributed by atoms with Crippen LogP contribution in [0.2, 0.25) is 5.02 Å². The summed E-state index contributed by atoms with van der Waals surface area (Å²) in [5, 5.41) is 6.00. The largest absolute Gasteiger partial charge is 0.350 e. The summed E-state index contributed by atoms with van der Waals surface area (Å²) < 4.78 is 0.669. The number of rotatable bonds is 6. The molecule has 0 radical (unpaired) electrons. The molecule has 2 N–H and O–H groups in total. The molecule has 0 aliphatic rings. The summed E-state index contributed by atoms with van der Waals surface area (Å²) in [6, 6.07) is 5.89. The van der Waals surface area contributed by atoms with E-state index in [4.69, 9.17) is 11.6 Å². The highest BCUT2D eigenvalue weighted by atomic mass is 79.9. The molecule has 0 fully saturated rings. The highest BCUT2D eigenvalue weighted by molar-refractivity contribution is 9.11. The summed E-state index contributed by atoms with van der Waals surface area (Å²) in [5.74, 6) is -0.587. The normalized spacial score (nSPS) is 11.9. The van der Waals surface area contributed by atoms with Crippen LogP contribution in [-0.2, 0) is 4.79 Å². The predicted molar refractivity (Wildman–Crippen MR) is 88.6 cm³/mol. The fourth-order valence-electron chi connectivity index (χ4n) is 1.65. The van der Waals surface area contributed by atoms with Gasteiger partial charge >= 0.3 is 0 Å². The summed E-state index contributed by atoms with van der Waals surface area (Å²) in [5.41, 5.74) is 0.461. The molecule has 1 aromatic carbocycles. The molecule has 1 atom stereocenters. The van der Waals surface area contributed by atoms with Crippen LogP contribution in [-0.4, -0.2) is 24.4 Å². The first kappa shape index (κ1) is 17.7. The van der Waals surface area contributed by atoms with Gasteiger partial charge in [-0.3, -0.25) is 9.59 Å². The van der Waals surface area contributed by atoms with Crippen LogP contribution in [0.1, 0.15) is 24.2 Å². The van der Waals surface area contributed by atoms with Crippen molar-refractivity contribution in [1.29, 1.82) is 0 Å². The van der Waals surface area contributed by atoms with Gasteiger partial charge in [-0.2, -0.15) is 0 Å². The molecule has 0 spiro atoms. The van der Waals surface area contributed by atoms with Crippen LogP contribution in [0.4, 0.5) is 0 Å². The van der Waals surface area contributed by atoms with Gasteiger partial charge < -0.3 is 10.6 Å². The van der Waals surface area contributed by atoms with Crippen LogP contribution < -0.4 is 10.6 Å². The van der Waals surface area contributed by atoms with Crippen LogP contribution in [0.25, 0.3) is 0 Å². The Morgan fingerprint density at radius 2 is 1.86 bits per heavy atom. The predicted octanol–water partition coefficient (Wildman–Crippen LogP) is 3.12. The van der Waals surface area contributed by atoms with E-state index in [0.717, 1.165) is 0 Å². The first-order valence-corrected chi connectivity index (χ1v) is 7.65. The molecule has 1 unspecified atom stereocenters. The molecular formula is C15H18BrClN2O2. The van der Waals surface area contributed by atoms with Crippen molar-refractivity contribution in [2.24, 2.45) is 5.92 Å². The first-order chi connectivity index (χ1) is 9.81. The van der Waals surface area contributed by atoms with Crippen molar-refractivity contribution in [1.82, 2.24) is 10.6 Å². The van der Waals surface area contributed by atoms with Crippen molar-refractivity contribution in [3.8, 4) is 0 Å². The maximum absolute atomic E-state index is 12.2. The number of halogens is 2. The first-order valence-electron chi connectivity index (χ1n) is 6.48. The lowest BCUT2D eigenvalue weighted by atomic mass is 10.0. The van der Waals surface area contributed by atoms with Gasteiger partial charge in [-0.1, -0.05) is 48.0 Å². The number of carbonyl (C=O) groups is 2. The van der Waals surface area contributed by atoms with Crippen molar-refractivity contribution in [2.75, 3.05) is 6.54 Å². The van der Waals surface area contributed by atoms with E-state index in [9.17, 15) is 9.59 Å². The van der Waals surface area contributed by atoms with Gasteiger partial charge in [-0.25, -0.2) is 0 Å². The van der Waals surface area contributed by atoms with Crippen molar-refractivity contribution in [3.63, 3.8) is 0 Å². The molecule has 0 aliphatic carbocycles. The zero-order valence-electron chi connectivity index (χ0n) is 12.0. The molecule has 114 valence electrons. The summed E-state index contributed by atoms with van der Waals surface area (Å²) in [7, 11) is 0. The minimum atomic E-state index is -0.611. The summed E-state index contributed by atoms with van der Waals surface area (Å²) in [4.78, 5) is 24.3. The molecular weight excluding hydrogens is 356 g/mol. The van der Waals surface area contributed by atoms with E-state index in [1.807, 2.05) is 13.8 Å². The lowest BCUT2D eigenvalue weighted by Gasteiger charge is -2.21. The van der Waals surface area contributed by atoms with Crippen molar-refractivity contribution >= 4 is 39.3 Å². The fourth-order valence-corrected chi connectivity index (χ4v) is 1.92. The molecule has 2 amide bonds. The van der Waals surface area contributed by atoms with Crippen molar-refractivity contribution < 1.29 is 9.59 Å². The number of hydrogen-bond acceptors (Lipinski definition) is 2. The summed E-state index contributed by atoms with van der Waals surface area (Å²) >= 11 is 8.96. The average Bonchev–Trinajstić information content (AvgIpc) is 2.42. The van der Waals surface area contributed by atoms with Crippen LogP contribution in [0.3, 0.4) is 0 Å². The van der Waals surface area contributed by atoms with Crippen LogP contribution in [0.5, 0.6) is 0 Å². The molecule has 4 nitrogen and oxygen atoms in total. The monoisotopic (exact) mass is 372 g/mol. The van der Waals surface area contributed by atoms with Gasteiger partial charge in [0.05, 0.1) is 0 Å². The number of nitrogens with one attached hydrogen (secondary N) is 2. The van der Waals surface area contributed by atoms with Gasteiger partial charge in [-0.05, 0) is 30.2 Å². The molecule has 1 aromatic rings. The second-order valence-corrected chi connectivity index (χ2v) is 6.50. The van der Waals surface area contributed by atoms with E-state index in [0.29, 0.717) is 21.6 Å². The Bertz CT molecular complexity index is 529. The standard InChI is InChI=1S/C15H18BrClN2O2/c1-9(2)13(15(21)18-8-10(3)16)19-14(20)11-4-6-12(17)7-5-11/h4-7,9,13H,3,8H2,1-2H3,(H,18,21)(H,19,20). The third-order valence-corrected chi connectivity index (χ3v) is 3.33. The van der Waals surface area contributed by atoms with Crippen molar-refractivity contribution in [3.05, 3.63) is 45.9 Å². The van der Waals surface area contributed by atoms with Gasteiger partial charge in [0.1, 0.15) is 6.04 Å². The van der Waals surface area contributed by atoms with Crippen LogP contribution >= 0.6 is 27.5 Å². The molecule has 0 saturated heterocycles. The quantitative estimate of drug-likeness (QED) is 0.805. The van der Waals surface area contributed by atoms with Gasteiger partial charge in [-0.15, -0.1) is 0 Å². The number of benzene rings is 1. The highest BCUT2D eigenvalue weighted by Crippen LogP contribution is 2.11. The minimum absolute atomic E-state index is 0.0372. The van der Waals surface area contributed by atoms with Gasteiger partial charge in [0.2, 0.25) is 5.91 Å². The van der Waals surface area contributed by atoms with Crippen LogP contribution in [0, 0.1) is 5.92 Å². The Balaban J connectivity index is 2.73. The lowest BCUT2D eigenvalue weighted by Crippen LogP contribution is -2.49. The minimum Gasteiger partial charge on any atom is -0.350 e. The van der Waals surface area contributed by atoms with Gasteiger partial charge in [0, 0.05) is 21.6 Å². The zero-order chi connectivity index (χ0) is 16.0. The third kappa shape index (κ3) is 5.89. The van der Waals surface area contributed by atoms with E-state index in [1.165, 1.54) is 0 Å². The summed E-state index contributed by atoms with van der Waals surface area (Å²) in [6.45, 7) is 7.71. The second-order valence-electron chi connectivity index (χ2n) is 4.94. The van der Waals surface area contributed by atoms with E-state index in [1.54, 1.807) is 24.3 Å². The molecule has 1 rings (SSSR count). The molecule has 0 saturated carbocycles. The Morgan fingerprint density at radius 1 is 1.29 bits per heavy atom. The van der Waals surface area contributed by atoms with Gasteiger partial charge in [0.15, 0.2) is 0 Å². The zero-order valence-corrected chi connectivity index (χ0v) is 14.3. The maximum Gasteiger partial charge on any atom is 0.251 e. The van der Waals surface area contributed by atoms with Crippen molar-refractivity contribution in [2.45, 2.75) is 19.9 Å². The Morgan fingerprint density at radius 3 is 2.33 bits per heavy atom. The SMILES string of the molecule is C=C(Br)CNC(=O)C(NC(=O)c1ccc(Cl)cc1)C(C)C. The molecule has 0 bridgehead atoms. The number of hydrogen-bond donors (Lipinski definition) is 2. The second kappa shape index (κ2) is 8.20. The maximum atomic E-state index is 12.2. The molecule has 0 heterocycles. The lowest BCUT2D eigenvalue weighted by molar-refractivity contribution is -0.123. The highest BCUT2D eigenvalue weighted by Gasteiger charge is 2.24. The Hall–Kier alpha value is -1.33. The fraction of sp³-hybridized carbons (Fsp3) is 0.333. The third-order valence-electron chi connectivity index (χ3n) is 2.80. The Labute approximate surface area is 138 Å². The van der Waals surface area contributed by atoms with E-state index < -0.39 is 6.04 Å². The summed E-state index contributed by atoms with van der Waals surface area (Å²) in [6.07, 6.45) is 0. The average molecular weight is 374 g/mol. The topological polar surface area (TPSA) is 58.2 Å². The number of carbonyl (C=O) groups excluding carboxylic acids is 2. The molecule has 6 heteroatoms. The molecule has 0 aromatic heterocycles. The molecule has 21 heavy (non-hydrogen) atoms. The molecule has 0 aliphatic heterocycles. The van der Waals surface area contributed by atoms with Gasteiger partial charge in [0.25, 0.3) is 5.91 Å². The smallest absolute Gasteiger partial charge is 0.251 e. The van der Waals surface area contributed by atoms with E-state index >= 15 is 0 Å².